The third kappa shape index (κ3) is 5.63. The molecule has 0 saturated heterocycles. The molecule has 30 heavy (non-hydrogen) atoms. The summed E-state index contributed by atoms with van der Waals surface area (Å²) < 4.78 is 0. The summed E-state index contributed by atoms with van der Waals surface area (Å²) in [6.45, 7) is 1.46. The van der Waals surface area contributed by atoms with Crippen LogP contribution in [0, 0.1) is 17.0 Å². The van der Waals surface area contributed by atoms with Crippen LogP contribution in [-0.4, -0.2) is 46.7 Å². The largest absolute Gasteiger partial charge is 0.345 e. The molecule has 0 heterocycles. The van der Waals surface area contributed by atoms with Gasteiger partial charge in [0, 0.05) is 29.4 Å². The van der Waals surface area contributed by atoms with Crippen LogP contribution in [0.2, 0.25) is 0 Å². The van der Waals surface area contributed by atoms with Crippen molar-refractivity contribution < 1.29 is 19.3 Å². The minimum absolute atomic E-state index is 0.0800. The van der Waals surface area contributed by atoms with Gasteiger partial charge in [-0.2, -0.15) is 0 Å². The molecule has 0 aromatic heterocycles. The van der Waals surface area contributed by atoms with Gasteiger partial charge in [-0.25, -0.2) is 0 Å². The zero-order chi connectivity index (χ0) is 21.7. The van der Waals surface area contributed by atoms with Gasteiger partial charge in [0.1, 0.15) is 6.54 Å². The number of non-ortho nitro benzene ring substituents is 1. The molecule has 2 aromatic rings. The normalized spacial score (nSPS) is 12.7. The molecule has 0 unspecified atom stereocenters. The van der Waals surface area contributed by atoms with Crippen LogP contribution in [0.1, 0.15) is 28.8 Å². The van der Waals surface area contributed by atoms with Gasteiger partial charge in [0.25, 0.3) is 11.6 Å². The van der Waals surface area contributed by atoms with E-state index in [0.29, 0.717) is 5.69 Å². The lowest BCUT2D eigenvalue weighted by atomic mass is 10.1. The van der Waals surface area contributed by atoms with Crippen molar-refractivity contribution in [3.8, 4) is 0 Å². The monoisotopic (exact) mass is 410 g/mol. The van der Waals surface area contributed by atoms with E-state index in [1.165, 1.54) is 29.2 Å². The second-order valence-electron chi connectivity index (χ2n) is 7.17. The van der Waals surface area contributed by atoms with Crippen molar-refractivity contribution in [1.82, 2.24) is 10.2 Å². The number of hydrogen-bond acceptors (Lipinski definition) is 5. The summed E-state index contributed by atoms with van der Waals surface area (Å²) in [5.41, 5.74) is 1.60. The molecule has 156 valence electrons. The Kier molecular flexibility index (Phi) is 6.41. The highest BCUT2D eigenvalue weighted by Gasteiger charge is 2.34. The lowest BCUT2D eigenvalue weighted by Gasteiger charge is -2.22. The van der Waals surface area contributed by atoms with Crippen molar-refractivity contribution in [2.75, 3.05) is 18.4 Å². The van der Waals surface area contributed by atoms with Crippen LogP contribution in [-0.2, 0) is 9.59 Å². The van der Waals surface area contributed by atoms with Crippen LogP contribution < -0.4 is 10.6 Å². The van der Waals surface area contributed by atoms with E-state index in [-0.39, 0.29) is 36.3 Å². The first-order valence-electron chi connectivity index (χ1n) is 9.52. The van der Waals surface area contributed by atoms with E-state index in [2.05, 4.69) is 10.6 Å². The summed E-state index contributed by atoms with van der Waals surface area (Å²) in [5, 5.41) is 16.2. The van der Waals surface area contributed by atoms with Gasteiger partial charge in [-0.15, -0.1) is 0 Å². The van der Waals surface area contributed by atoms with Crippen molar-refractivity contribution in [2.45, 2.75) is 25.8 Å². The van der Waals surface area contributed by atoms with Crippen LogP contribution in [0.5, 0.6) is 0 Å². The van der Waals surface area contributed by atoms with E-state index >= 15 is 0 Å². The van der Waals surface area contributed by atoms with Crippen LogP contribution in [0.3, 0.4) is 0 Å². The summed E-state index contributed by atoms with van der Waals surface area (Å²) >= 11 is 0. The SMILES string of the molecule is Cc1cccc(NC(=O)CNC(=O)CN(C(=O)c2cccc([N+](=O)[O-])c2)C2CC2)c1. The number of nitrogens with zero attached hydrogens (tertiary/aromatic N) is 2. The molecule has 1 fully saturated rings. The minimum Gasteiger partial charge on any atom is -0.345 e. The fourth-order valence-electron chi connectivity index (χ4n) is 2.99. The van der Waals surface area contributed by atoms with Crippen molar-refractivity contribution >= 4 is 29.1 Å². The number of anilines is 1. The molecule has 9 heteroatoms. The molecule has 9 nitrogen and oxygen atoms in total. The van der Waals surface area contributed by atoms with Crippen molar-refractivity contribution in [3.63, 3.8) is 0 Å². The zero-order valence-corrected chi connectivity index (χ0v) is 16.5. The standard InChI is InChI=1S/C21H22N4O5/c1-14-4-2-6-16(10-14)23-19(26)12-22-20(27)13-24(17-8-9-17)21(28)15-5-3-7-18(11-15)25(29)30/h2-7,10-11,17H,8-9,12-13H2,1H3,(H,22,27)(H,23,26). The highest BCUT2D eigenvalue weighted by Crippen LogP contribution is 2.28. The van der Waals surface area contributed by atoms with E-state index in [1.54, 1.807) is 6.07 Å². The highest BCUT2D eigenvalue weighted by atomic mass is 16.6. The second-order valence-corrected chi connectivity index (χ2v) is 7.17. The molecule has 0 aliphatic heterocycles. The molecule has 3 rings (SSSR count). The predicted octanol–water partition coefficient (Wildman–Crippen LogP) is 2.26. The third-order valence-corrected chi connectivity index (χ3v) is 4.61. The van der Waals surface area contributed by atoms with E-state index < -0.39 is 16.7 Å². The number of carbonyl (C=O) groups is 3. The second kappa shape index (κ2) is 9.17. The van der Waals surface area contributed by atoms with E-state index in [4.69, 9.17) is 0 Å². The molecule has 0 bridgehead atoms. The zero-order valence-electron chi connectivity index (χ0n) is 16.5. The molecular formula is C21H22N4O5. The van der Waals surface area contributed by atoms with E-state index in [1.807, 2.05) is 25.1 Å². The van der Waals surface area contributed by atoms with E-state index in [9.17, 15) is 24.5 Å². The van der Waals surface area contributed by atoms with Gasteiger partial charge in [0.2, 0.25) is 11.8 Å². The maximum atomic E-state index is 12.8. The predicted molar refractivity (Wildman–Crippen MR) is 110 cm³/mol. The minimum atomic E-state index is -0.572. The Hall–Kier alpha value is -3.75. The van der Waals surface area contributed by atoms with Gasteiger partial charge in [-0.1, -0.05) is 18.2 Å². The molecule has 0 spiro atoms. The number of nitro groups is 1. The van der Waals surface area contributed by atoms with Gasteiger partial charge < -0.3 is 15.5 Å². The average molecular weight is 410 g/mol. The first kappa shape index (κ1) is 21.0. The van der Waals surface area contributed by atoms with E-state index in [0.717, 1.165) is 18.4 Å². The molecule has 2 aromatic carbocycles. The number of nitro benzene ring substituents is 1. The van der Waals surface area contributed by atoms with Crippen molar-refractivity contribution in [1.29, 1.82) is 0 Å². The number of nitrogens with one attached hydrogen (secondary N) is 2. The van der Waals surface area contributed by atoms with Gasteiger partial charge in [-0.05, 0) is 43.5 Å². The maximum Gasteiger partial charge on any atom is 0.270 e. The fourth-order valence-corrected chi connectivity index (χ4v) is 2.99. The quantitative estimate of drug-likeness (QED) is 0.511. The smallest absolute Gasteiger partial charge is 0.270 e. The first-order valence-corrected chi connectivity index (χ1v) is 9.52. The Morgan fingerprint density at radius 3 is 2.50 bits per heavy atom. The summed E-state index contributed by atoms with van der Waals surface area (Å²) in [7, 11) is 0. The van der Waals surface area contributed by atoms with Crippen LogP contribution in [0.4, 0.5) is 11.4 Å². The van der Waals surface area contributed by atoms with Gasteiger partial charge in [0.05, 0.1) is 11.5 Å². The number of hydrogen-bond donors (Lipinski definition) is 2. The van der Waals surface area contributed by atoms with Crippen LogP contribution >= 0.6 is 0 Å². The summed E-state index contributed by atoms with van der Waals surface area (Å²) in [5.74, 6) is -1.29. The van der Waals surface area contributed by atoms with Gasteiger partial charge in [0.15, 0.2) is 0 Å². The summed E-state index contributed by atoms with van der Waals surface area (Å²) in [4.78, 5) is 48.9. The topological polar surface area (TPSA) is 122 Å². The third-order valence-electron chi connectivity index (χ3n) is 4.61. The Balaban J connectivity index is 1.56. The molecule has 3 amide bonds. The maximum absolute atomic E-state index is 12.8. The lowest BCUT2D eigenvalue weighted by Crippen LogP contribution is -2.43. The molecule has 1 aliphatic rings. The lowest BCUT2D eigenvalue weighted by molar-refractivity contribution is -0.384. The fraction of sp³-hybridized carbons (Fsp3) is 0.286. The summed E-state index contributed by atoms with van der Waals surface area (Å²) in [6, 6.07) is 12.6. The molecular weight excluding hydrogens is 388 g/mol. The molecule has 0 radical (unpaired) electrons. The first-order chi connectivity index (χ1) is 14.3. The molecule has 1 saturated carbocycles. The molecule has 2 N–H and O–H groups in total. The molecule has 1 aliphatic carbocycles. The average Bonchev–Trinajstić information content (AvgIpc) is 3.55. The molecule has 0 atom stereocenters. The number of benzene rings is 2. The van der Waals surface area contributed by atoms with Crippen molar-refractivity contribution in [3.05, 3.63) is 69.8 Å². The number of carbonyl (C=O) groups excluding carboxylic acids is 3. The Morgan fingerprint density at radius 2 is 1.83 bits per heavy atom. The Morgan fingerprint density at radius 1 is 1.10 bits per heavy atom. The summed E-state index contributed by atoms with van der Waals surface area (Å²) in [6.07, 6.45) is 1.53. The Bertz CT molecular complexity index is 987. The highest BCUT2D eigenvalue weighted by molar-refractivity contribution is 5.98. The number of rotatable bonds is 8. The van der Waals surface area contributed by atoms with Crippen LogP contribution in [0.25, 0.3) is 0 Å². The van der Waals surface area contributed by atoms with Crippen LogP contribution in [0.15, 0.2) is 48.5 Å². The van der Waals surface area contributed by atoms with Gasteiger partial charge >= 0.3 is 0 Å². The Labute approximate surface area is 173 Å². The number of aryl methyl sites for hydroxylation is 1. The van der Waals surface area contributed by atoms with Gasteiger partial charge in [-0.3, -0.25) is 24.5 Å². The van der Waals surface area contributed by atoms with Crippen molar-refractivity contribution in [2.24, 2.45) is 0 Å². The number of amides is 3.